The molecule has 0 radical (unpaired) electrons. The summed E-state index contributed by atoms with van der Waals surface area (Å²) in [5.41, 5.74) is 2.47. The Bertz CT molecular complexity index is 1080. The minimum atomic E-state index is -0.336. The zero-order valence-electron chi connectivity index (χ0n) is 19.0. The van der Waals surface area contributed by atoms with Crippen LogP contribution in [0.2, 0.25) is 0 Å². The van der Waals surface area contributed by atoms with Gasteiger partial charge in [-0.25, -0.2) is 0 Å². The zero-order valence-corrected chi connectivity index (χ0v) is 20.6. The van der Waals surface area contributed by atoms with Crippen LogP contribution in [-0.2, 0) is 9.53 Å². The largest absolute Gasteiger partial charge is 0.496 e. The van der Waals surface area contributed by atoms with Gasteiger partial charge in [0.15, 0.2) is 0 Å². The molecule has 2 aliphatic rings. The van der Waals surface area contributed by atoms with Crippen molar-refractivity contribution in [2.24, 2.45) is 0 Å². The number of piperazine rings is 1. The molecule has 2 heterocycles. The Morgan fingerprint density at radius 1 is 1.06 bits per heavy atom. The molecule has 2 saturated heterocycles. The van der Waals surface area contributed by atoms with E-state index < -0.39 is 0 Å². The third-order valence-electron chi connectivity index (χ3n) is 6.06. The molecule has 2 fully saturated rings. The van der Waals surface area contributed by atoms with Crippen LogP contribution >= 0.6 is 15.9 Å². The second kappa shape index (κ2) is 10.9. The highest BCUT2D eigenvalue weighted by molar-refractivity contribution is 9.10. The van der Waals surface area contributed by atoms with Gasteiger partial charge >= 0.3 is 0 Å². The topological polar surface area (TPSA) is 88.4 Å². The van der Waals surface area contributed by atoms with E-state index in [1.165, 1.54) is 0 Å². The Kier molecular flexibility index (Phi) is 7.69. The molecule has 9 nitrogen and oxygen atoms in total. The normalized spacial score (nSPS) is 16.7. The SMILES string of the molecule is COc1ccc(Br)cc1/C=C/C(=O)N1CCN(c2ccc([N+](=O)[O-])c(N3CCOCC3)c2)CC1. The molecule has 0 aromatic heterocycles. The average Bonchev–Trinajstić information content (AvgIpc) is 2.87. The Morgan fingerprint density at radius 3 is 2.47 bits per heavy atom. The number of carbonyl (C=O) groups excluding carboxylic acids is 1. The fraction of sp³-hybridized carbons (Fsp3) is 0.375. The number of hydrogen-bond acceptors (Lipinski definition) is 7. The summed E-state index contributed by atoms with van der Waals surface area (Å²) in [5.74, 6) is 0.644. The maximum Gasteiger partial charge on any atom is 0.292 e. The van der Waals surface area contributed by atoms with Crippen LogP contribution in [-0.4, -0.2) is 75.3 Å². The van der Waals surface area contributed by atoms with Gasteiger partial charge in [-0.1, -0.05) is 15.9 Å². The first-order valence-corrected chi connectivity index (χ1v) is 11.9. The zero-order chi connectivity index (χ0) is 24.1. The molecule has 0 atom stereocenters. The Hall–Kier alpha value is -3.11. The molecule has 1 amide bonds. The van der Waals surface area contributed by atoms with E-state index in [0.29, 0.717) is 63.9 Å². The van der Waals surface area contributed by atoms with E-state index in [0.717, 1.165) is 15.7 Å². The standard InChI is InChI=1S/C24H27BrN4O5/c1-33-23-6-3-19(25)16-18(23)2-7-24(30)28-10-8-26(9-11-28)20-4-5-21(29(31)32)22(17-20)27-12-14-34-15-13-27/h2-7,16-17H,8-15H2,1H3/b7-2+. The van der Waals surface area contributed by atoms with E-state index in [1.54, 1.807) is 31.4 Å². The molecule has 2 aliphatic heterocycles. The lowest BCUT2D eigenvalue weighted by Gasteiger charge is -2.36. The van der Waals surface area contributed by atoms with Crippen LogP contribution in [0.5, 0.6) is 5.75 Å². The van der Waals surface area contributed by atoms with Crippen molar-refractivity contribution in [1.82, 2.24) is 4.90 Å². The maximum absolute atomic E-state index is 12.8. The molecule has 0 unspecified atom stereocenters. The van der Waals surface area contributed by atoms with Gasteiger partial charge in [0, 0.05) is 67.1 Å². The highest BCUT2D eigenvalue weighted by Gasteiger charge is 2.25. The predicted octanol–water partition coefficient (Wildman–Crippen LogP) is 3.56. The molecule has 10 heteroatoms. The molecule has 0 N–H and O–H groups in total. The minimum absolute atomic E-state index is 0.0561. The monoisotopic (exact) mass is 530 g/mol. The summed E-state index contributed by atoms with van der Waals surface area (Å²) in [6.07, 6.45) is 3.34. The van der Waals surface area contributed by atoms with Gasteiger partial charge in [-0.2, -0.15) is 0 Å². The van der Waals surface area contributed by atoms with Crippen molar-refractivity contribution in [3.63, 3.8) is 0 Å². The summed E-state index contributed by atoms with van der Waals surface area (Å²) in [6.45, 7) is 4.82. The van der Waals surface area contributed by atoms with Gasteiger partial charge in [0.05, 0.1) is 25.2 Å². The van der Waals surface area contributed by atoms with Crippen molar-refractivity contribution in [3.8, 4) is 5.75 Å². The molecule has 4 rings (SSSR count). The smallest absolute Gasteiger partial charge is 0.292 e. The third-order valence-corrected chi connectivity index (χ3v) is 6.55. The molecule has 180 valence electrons. The number of anilines is 2. The number of nitro groups is 1. The number of methoxy groups -OCH3 is 1. The van der Waals surface area contributed by atoms with Crippen LogP contribution in [0.15, 0.2) is 46.9 Å². The summed E-state index contributed by atoms with van der Waals surface area (Å²) < 4.78 is 11.7. The fourth-order valence-electron chi connectivity index (χ4n) is 4.21. The van der Waals surface area contributed by atoms with Gasteiger partial charge in [-0.15, -0.1) is 0 Å². The quantitative estimate of drug-likeness (QED) is 0.320. The Balaban J connectivity index is 1.42. The van der Waals surface area contributed by atoms with Gasteiger partial charge in [-0.3, -0.25) is 14.9 Å². The van der Waals surface area contributed by atoms with Crippen LogP contribution in [0.3, 0.4) is 0 Å². The minimum Gasteiger partial charge on any atom is -0.496 e. The van der Waals surface area contributed by atoms with Crippen LogP contribution in [0, 0.1) is 10.1 Å². The lowest BCUT2D eigenvalue weighted by molar-refractivity contribution is -0.384. The van der Waals surface area contributed by atoms with Gasteiger partial charge in [-0.05, 0) is 36.4 Å². The molecule has 0 aliphatic carbocycles. The number of rotatable bonds is 6. The van der Waals surface area contributed by atoms with Crippen molar-refractivity contribution in [2.75, 3.05) is 69.4 Å². The summed E-state index contributed by atoms with van der Waals surface area (Å²) in [4.78, 5) is 30.0. The van der Waals surface area contributed by atoms with E-state index in [9.17, 15) is 14.9 Å². The van der Waals surface area contributed by atoms with E-state index >= 15 is 0 Å². The second-order valence-electron chi connectivity index (χ2n) is 8.06. The summed E-state index contributed by atoms with van der Waals surface area (Å²) >= 11 is 3.44. The van der Waals surface area contributed by atoms with Crippen LogP contribution in [0.4, 0.5) is 17.1 Å². The van der Waals surface area contributed by atoms with Gasteiger partial charge in [0.2, 0.25) is 5.91 Å². The maximum atomic E-state index is 12.8. The number of nitrogens with zero attached hydrogens (tertiary/aromatic N) is 4. The van der Waals surface area contributed by atoms with E-state index in [2.05, 4.69) is 20.8 Å². The molecule has 2 aromatic rings. The molecule has 0 bridgehead atoms. The Labute approximate surface area is 206 Å². The first-order chi connectivity index (χ1) is 16.5. The van der Waals surface area contributed by atoms with Crippen LogP contribution in [0.25, 0.3) is 6.08 Å². The highest BCUT2D eigenvalue weighted by atomic mass is 79.9. The average molecular weight is 531 g/mol. The van der Waals surface area contributed by atoms with Crippen molar-refractivity contribution in [1.29, 1.82) is 0 Å². The van der Waals surface area contributed by atoms with Crippen molar-refractivity contribution < 1.29 is 19.2 Å². The molecule has 2 aromatic carbocycles. The second-order valence-corrected chi connectivity index (χ2v) is 8.98. The highest BCUT2D eigenvalue weighted by Crippen LogP contribution is 2.33. The molecule has 34 heavy (non-hydrogen) atoms. The predicted molar refractivity (Wildman–Crippen MR) is 135 cm³/mol. The fourth-order valence-corrected chi connectivity index (χ4v) is 4.59. The summed E-state index contributed by atoms with van der Waals surface area (Å²) in [6, 6.07) is 10.9. The van der Waals surface area contributed by atoms with Crippen molar-refractivity contribution in [3.05, 3.63) is 62.6 Å². The summed E-state index contributed by atoms with van der Waals surface area (Å²) in [7, 11) is 1.60. The van der Waals surface area contributed by atoms with Gasteiger partial charge in [0.25, 0.3) is 5.69 Å². The number of halogens is 1. The number of amides is 1. The molecule has 0 saturated carbocycles. The van der Waals surface area contributed by atoms with Gasteiger partial charge in [0.1, 0.15) is 11.4 Å². The first kappa shape index (κ1) is 24.0. The first-order valence-electron chi connectivity index (χ1n) is 11.1. The number of benzene rings is 2. The third kappa shape index (κ3) is 5.51. The van der Waals surface area contributed by atoms with Crippen LogP contribution in [0.1, 0.15) is 5.56 Å². The van der Waals surface area contributed by atoms with Crippen molar-refractivity contribution in [2.45, 2.75) is 0 Å². The lowest BCUT2D eigenvalue weighted by Crippen LogP contribution is -2.48. The molecular weight excluding hydrogens is 504 g/mol. The van der Waals surface area contributed by atoms with Crippen LogP contribution < -0.4 is 14.5 Å². The number of nitro benzene ring substituents is 1. The number of ether oxygens (including phenoxy) is 2. The van der Waals surface area contributed by atoms with E-state index in [1.807, 2.05) is 34.1 Å². The number of morpholine rings is 1. The summed E-state index contributed by atoms with van der Waals surface area (Å²) in [5, 5.41) is 11.6. The van der Waals surface area contributed by atoms with E-state index in [4.69, 9.17) is 9.47 Å². The Morgan fingerprint density at radius 2 is 1.79 bits per heavy atom. The number of hydrogen-bond donors (Lipinski definition) is 0. The number of carbonyl (C=O) groups is 1. The molecular formula is C24H27BrN4O5. The van der Waals surface area contributed by atoms with E-state index in [-0.39, 0.29) is 16.5 Å². The molecule has 0 spiro atoms. The lowest BCUT2D eigenvalue weighted by atomic mass is 10.1. The van der Waals surface area contributed by atoms with Gasteiger partial charge < -0.3 is 24.2 Å². The van der Waals surface area contributed by atoms with Crippen molar-refractivity contribution >= 4 is 45.0 Å².